The van der Waals surface area contributed by atoms with Gasteiger partial charge in [-0.2, -0.15) is 0 Å². The van der Waals surface area contributed by atoms with E-state index >= 15 is 0 Å². The van der Waals surface area contributed by atoms with Crippen molar-refractivity contribution in [3.05, 3.63) is 28.2 Å². The van der Waals surface area contributed by atoms with Gasteiger partial charge in [0, 0.05) is 22.6 Å². The highest BCUT2D eigenvalue weighted by atomic mass is 79.9. The zero-order chi connectivity index (χ0) is 13.7. The number of hydrogen-bond donors (Lipinski definition) is 1. The minimum Gasteiger partial charge on any atom is -0.481 e. The first-order valence-electron chi connectivity index (χ1n) is 6.77. The van der Waals surface area contributed by atoms with Gasteiger partial charge >= 0.3 is 0 Å². The van der Waals surface area contributed by atoms with E-state index in [0.717, 1.165) is 28.2 Å². The third-order valence-electron chi connectivity index (χ3n) is 3.36. The molecule has 0 radical (unpaired) electrons. The van der Waals surface area contributed by atoms with Gasteiger partial charge in [0.15, 0.2) is 0 Å². The minimum atomic E-state index is 0.312. The van der Waals surface area contributed by atoms with Crippen LogP contribution in [0.25, 0.3) is 0 Å². The standard InChI is InChI=1S/C16H20BrNO/c1-3-8-19-16-7-6-15(17)10-14(16)11-18-12(2)9-13-4-5-13/h1,6-7,10,12-13,18H,4-5,8-9,11H2,2H3. The number of benzene rings is 1. The predicted octanol–water partition coefficient (Wildman–Crippen LogP) is 3.74. The van der Waals surface area contributed by atoms with Crippen LogP contribution in [-0.4, -0.2) is 12.6 Å². The minimum absolute atomic E-state index is 0.312. The number of terminal acetylenes is 1. The Bertz CT molecular complexity index is 462. The van der Waals surface area contributed by atoms with Crippen LogP contribution >= 0.6 is 15.9 Å². The molecular weight excluding hydrogens is 302 g/mol. The molecule has 0 bridgehead atoms. The van der Waals surface area contributed by atoms with Gasteiger partial charge in [-0.1, -0.05) is 34.7 Å². The molecule has 1 saturated carbocycles. The van der Waals surface area contributed by atoms with Crippen molar-refractivity contribution in [1.29, 1.82) is 0 Å². The first-order chi connectivity index (χ1) is 9.19. The van der Waals surface area contributed by atoms with Crippen molar-refractivity contribution in [2.75, 3.05) is 6.61 Å². The lowest BCUT2D eigenvalue weighted by Crippen LogP contribution is -2.26. The van der Waals surface area contributed by atoms with Crippen molar-refractivity contribution in [3.8, 4) is 18.1 Å². The summed E-state index contributed by atoms with van der Waals surface area (Å²) in [5.74, 6) is 4.32. The van der Waals surface area contributed by atoms with Crippen LogP contribution in [0.4, 0.5) is 0 Å². The fraction of sp³-hybridized carbons (Fsp3) is 0.500. The predicted molar refractivity (Wildman–Crippen MR) is 82.1 cm³/mol. The Labute approximate surface area is 124 Å². The molecule has 1 aliphatic carbocycles. The molecule has 2 nitrogen and oxygen atoms in total. The van der Waals surface area contributed by atoms with Crippen molar-refractivity contribution in [2.45, 2.75) is 38.8 Å². The second-order valence-electron chi connectivity index (χ2n) is 5.21. The van der Waals surface area contributed by atoms with Gasteiger partial charge in [-0.15, -0.1) is 6.42 Å². The zero-order valence-corrected chi connectivity index (χ0v) is 12.9. The molecule has 1 aromatic rings. The van der Waals surface area contributed by atoms with Crippen LogP contribution in [0.1, 0.15) is 31.7 Å². The van der Waals surface area contributed by atoms with Crippen molar-refractivity contribution in [1.82, 2.24) is 5.32 Å². The Balaban J connectivity index is 1.92. The fourth-order valence-electron chi connectivity index (χ4n) is 2.17. The number of ether oxygens (including phenoxy) is 1. The summed E-state index contributed by atoms with van der Waals surface area (Å²) in [5.41, 5.74) is 1.15. The van der Waals surface area contributed by atoms with E-state index in [4.69, 9.17) is 11.2 Å². The van der Waals surface area contributed by atoms with Crippen LogP contribution in [0, 0.1) is 18.3 Å². The van der Waals surface area contributed by atoms with Crippen molar-refractivity contribution >= 4 is 15.9 Å². The molecule has 0 aliphatic heterocycles. The molecule has 1 atom stereocenters. The van der Waals surface area contributed by atoms with E-state index in [1.165, 1.54) is 19.3 Å². The summed E-state index contributed by atoms with van der Waals surface area (Å²) < 4.78 is 6.63. The van der Waals surface area contributed by atoms with Crippen LogP contribution in [0.5, 0.6) is 5.75 Å². The average Bonchev–Trinajstić information content (AvgIpc) is 3.19. The van der Waals surface area contributed by atoms with E-state index in [2.05, 4.69) is 40.2 Å². The highest BCUT2D eigenvalue weighted by Crippen LogP contribution is 2.33. The van der Waals surface area contributed by atoms with E-state index in [1.807, 2.05) is 12.1 Å². The molecule has 19 heavy (non-hydrogen) atoms. The van der Waals surface area contributed by atoms with Crippen molar-refractivity contribution in [3.63, 3.8) is 0 Å². The van der Waals surface area contributed by atoms with Gasteiger partial charge in [-0.25, -0.2) is 0 Å². The topological polar surface area (TPSA) is 21.3 Å². The molecule has 1 N–H and O–H groups in total. The molecule has 0 aromatic heterocycles. The summed E-state index contributed by atoms with van der Waals surface area (Å²) in [6, 6.07) is 6.57. The van der Waals surface area contributed by atoms with Crippen LogP contribution in [-0.2, 0) is 6.54 Å². The first kappa shape index (κ1) is 14.4. The number of nitrogens with one attached hydrogen (secondary N) is 1. The normalized spacial score (nSPS) is 15.8. The second-order valence-corrected chi connectivity index (χ2v) is 6.12. The van der Waals surface area contributed by atoms with Crippen molar-refractivity contribution in [2.24, 2.45) is 5.92 Å². The van der Waals surface area contributed by atoms with Gasteiger partial charge in [0.2, 0.25) is 0 Å². The second kappa shape index (κ2) is 6.98. The Hall–Kier alpha value is -0.980. The lowest BCUT2D eigenvalue weighted by Gasteiger charge is -2.16. The van der Waals surface area contributed by atoms with Crippen LogP contribution in [0.3, 0.4) is 0 Å². The van der Waals surface area contributed by atoms with Crippen LogP contribution in [0.15, 0.2) is 22.7 Å². The zero-order valence-electron chi connectivity index (χ0n) is 11.3. The quantitative estimate of drug-likeness (QED) is 0.772. The van der Waals surface area contributed by atoms with Crippen LogP contribution in [0.2, 0.25) is 0 Å². The monoisotopic (exact) mass is 321 g/mol. The summed E-state index contributed by atoms with van der Waals surface area (Å²) in [4.78, 5) is 0. The van der Waals surface area contributed by atoms with Gasteiger partial charge < -0.3 is 10.1 Å². The summed E-state index contributed by atoms with van der Waals surface area (Å²) in [7, 11) is 0. The van der Waals surface area contributed by atoms with Gasteiger partial charge in [0.05, 0.1) is 0 Å². The Kier molecular flexibility index (Phi) is 5.30. The molecule has 0 spiro atoms. The molecule has 102 valence electrons. The van der Waals surface area contributed by atoms with Gasteiger partial charge in [-0.05, 0) is 37.5 Å². The molecule has 1 aliphatic rings. The van der Waals surface area contributed by atoms with E-state index < -0.39 is 0 Å². The smallest absolute Gasteiger partial charge is 0.148 e. The molecule has 1 fully saturated rings. The Morgan fingerprint density at radius 1 is 1.53 bits per heavy atom. The van der Waals surface area contributed by atoms with E-state index in [0.29, 0.717) is 12.6 Å². The summed E-state index contributed by atoms with van der Waals surface area (Å²) in [5, 5.41) is 3.56. The van der Waals surface area contributed by atoms with Gasteiger partial charge in [-0.3, -0.25) is 0 Å². The molecule has 1 unspecified atom stereocenters. The number of halogens is 1. The number of hydrogen-bond acceptors (Lipinski definition) is 2. The third-order valence-corrected chi connectivity index (χ3v) is 3.85. The first-order valence-corrected chi connectivity index (χ1v) is 7.56. The molecule has 0 saturated heterocycles. The maximum Gasteiger partial charge on any atom is 0.148 e. The molecule has 2 rings (SSSR count). The summed E-state index contributed by atoms with van der Waals surface area (Å²) in [6.07, 6.45) is 9.32. The maximum atomic E-state index is 5.57. The fourth-order valence-corrected chi connectivity index (χ4v) is 2.58. The van der Waals surface area contributed by atoms with E-state index in [1.54, 1.807) is 0 Å². The molecular formula is C16H20BrNO. The van der Waals surface area contributed by atoms with Crippen molar-refractivity contribution < 1.29 is 4.74 Å². The SMILES string of the molecule is C#CCOc1ccc(Br)cc1CNC(C)CC1CC1. The van der Waals surface area contributed by atoms with Gasteiger partial charge in [0.25, 0.3) is 0 Å². The average molecular weight is 322 g/mol. The highest BCUT2D eigenvalue weighted by Gasteiger charge is 2.23. The Morgan fingerprint density at radius 2 is 2.32 bits per heavy atom. The Morgan fingerprint density at radius 3 is 3.00 bits per heavy atom. The molecule has 0 heterocycles. The van der Waals surface area contributed by atoms with E-state index in [-0.39, 0.29) is 0 Å². The molecule has 0 amide bonds. The highest BCUT2D eigenvalue weighted by molar-refractivity contribution is 9.10. The summed E-state index contributed by atoms with van der Waals surface area (Å²) >= 11 is 3.50. The van der Waals surface area contributed by atoms with E-state index in [9.17, 15) is 0 Å². The summed E-state index contributed by atoms with van der Waals surface area (Å²) in [6.45, 7) is 3.37. The lowest BCUT2D eigenvalue weighted by molar-refractivity contribution is 0.363. The lowest BCUT2D eigenvalue weighted by atomic mass is 10.1. The number of rotatable bonds is 7. The van der Waals surface area contributed by atoms with Crippen LogP contribution < -0.4 is 10.1 Å². The largest absolute Gasteiger partial charge is 0.481 e. The molecule has 3 heteroatoms. The van der Waals surface area contributed by atoms with Gasteiger partial charge in [0.1, 0.15) is 12.4 Å². The maximum absolute atomic E-state index is 5.57. The molecule has 1 aromatic carbocycles. The third kappa shape index (κ3) is 4.89.